The van der Waals surface area contributed by atoms with E-state index in [-0.39, 0.29) is 20.4 Å². The first-order chi connectivity index (χ1) is 28.4. The molecular weight excluding hydrogens is 807 g/mol. The molecular formula is C56H78N2Pd. The van der Waals surface area contributed by atoms with Crippen LogP contribution in [0.4, 0.5) is 0 Å². The molecule has 59 heavy (non-hydrogen) atoms. The molecule has 0 heterocycles. The van der Waals surface area contributed by atoms with E-state index >= 15 is 0 Å². The summed E-state index contributed by atoms with van der Waals surface area (Å²) in [5, 5.41) is 0. The Bertz CT molecular complexity index is 1700. The van der Waals surface area contributed by atoms with Gasteiger partial charge in [0.1, 0.15) is 0 Å². The minimum Gasteiger partial charge on any atom is -0.348 e. The number of benzene rings is 4. The molecule has 0 saturated carbocycles. The zero-order chi connectivity index (χ0) is 42.2. The average Bonchev–Trinajstić information content (AvgIpc) is 3.27. The molecule has 0 spiro atoms. The molecule has 4 aromatic carbocycles. The summed E-state index contributed by atoms with van der Waals surface area (Å²) >= 11 is 0. The predicted molar refractivity (Wildman–Crippen MR) is 256 cm³/mol. The molecule has 0 aromatic heterocycles. The summed E-state index contributed by atoms with van der Waals surface area (Å²) in [5.41, 5.74) is 24.4. The van der Waals surface area contributed by atoms with E-state index < -0.39 is 0 Å². The van der Waals surface area contributed by atoms with E-state index in [2.05, 4.69) is 127 Å². The molecule has 2 nitrogen and oxygen atoms in total. The Labute approximate surface area is 376 Å². The van der Waals surface area contributed by atoms with Crippen molar-refractivity contribution in [1.82, 2.24) is 0 Å². The topological polar surface area (TPSA) is 36.4 Å². The van der Waals surface area contributed by atoms with Gasteiger partial charge in [0.25, 0.3) is 0 Å². The van der Waals surface area contributed by atoms with Crippen molar-refractivity contribution in [3.8, 4) is 0 Å². The number of hydrogen-bond acceptors (Lipinski definition) is 0. The van der Waals surface area contributed by atoms with Crippen LogP contribution in [0.2, 0.25) is 0 Å². The number of aryl methyl sites for hydroxylation is 4. The molecule has 0 aliphatic carbocycles. The number of unbranched alkanes of at least 4 members (excludes halogenated alkanes) is 8. The van der Waals surface area contributed by atoms with Crippen molar-refractivity contribution < 1.29 is 25.2 Å². The van der Waals surface area contributed by atoms with Gasteiger partial charge in [0.2, 0.25) is 0 Å². The molecule has 322 valence electrons. The van der Waals surface area contributed by atoms with Crippen LogP contribution in [0.5, 0.6) is 0 Å². The predicted octanol–water partition coefficient (Wildman–Crippen LogP) is 16.2. The molecule has 3 heteroatoms. The van der Waals surface area contributed by atoms with Crippen molar-refractivity contribution in [3.63, 3.8) is 0 Å². The summed E-state index contributed by atoms with van der Waals surface area (Å²) in [4.78, 5) is 3.48. The van der Waals surface area contributed by atoms with Gasteiger partial charge in [0.15, 0.2) is 0 Å². The fourth-order valence-corrected chi connectivity index (χ4v) is 7.30. The summed E-state index contributed by atoms with van der Waals surface area (Å²) < 4.78 is 0. The standard InChI is InChI=1S/C40H60N2.2C8H9.Pd/c1-7-13-17-19-21-34-26-35(22-20-18-14-8-2)30-38(29-34)40(37-27-32(11-5)25-33(12-6)28-37)39(24-16-10-4)36(31-42-41)23-15-9-3;2*1-2-8-6-4-3-5-7-8;/h25-30H,7-24H2,1-6H3;2*3-7H,1-2H2;/q;2*-1;+2. The second kappa shape index (κ2) is 34.2. The van der Waals surface area contributed by atoms with E-state index in [0.29, 0.717) is 0 Å². The molecule has 0 aliphatic rings. The Hall–Kier alpha value is -3.56. The third kappa shape index (κ3) is 21.5. The minimum absolute atomic E-state index is 0. The Morgan fingerprint density at radius 1 is 0.492 bits per heavy atom. The summed E-state index contributed by atoms with van der Waals surface area (Å²) in [6.07, 6.45) is 22.6. The third-order valence-corrected chi connectivity index (χ3v) is 10.8. The molecule has 0 unspecified atom stereocenters. The summed E-state index contributed by atoms with van der Waals surface area (Å²) in [6, 6.07) is 35.1. The van der Waals surface area contributed by atoms with Crippen molar-refractivity contribution in [1.29, 1.82) is 0 Å². The van der Waals surface area contributed by atoms with Crippen LogP contribution in [-0.4, -0.2) is 10.7 Å². The molecule has 0 atom stereocenters. The van der Waals surface area contributed by atoms with E-state index in [1.165, 1.54) is 107 Å². The molecule has 0 saturated heterocycles. The Morgan fingerprint density at radius 2 is 0.898 bits per heavy atom. The first-order valence-electron chi connectivity index (χ1n) is 23.0. The average molecular weight is 886 g/mol. The van der Waals surface area contributed by atoms with Crippen molar-refractivity contribution in [2.45, 2.75) is 170 Å². The zero-order valence-corrected chi connectivity index (χ0v) is 39.6. The van der Waals surface area contributed by atoms with Crippen LogP contribution in [0.25, 0.3) is 11.1 Å². The fourth-order valence-electron chi connectivity index (χ4n) is 7.30. The summed E-state index contributed by atoms with van der Waals surface area (Å²) in [5.74, 6) is 3.07. The summed E-state index contributed by atoms with van der Waals surface area (Å²) in [6.45, 7) is 21.1. The fraction of sp³-hybridized carbons (Fsp3) is 0.464. The molecule has 4 aromatic rings. The van der Waals surface area contributed by atoms with Crippen molar-refractivity contribution in [2.75, 3.05) is 0 Å². The number of hydrogen-bond donors (Lipinski definition) is 0. The van der Waals surface area contributed by atoms with Gasteiger partial charge >= 0.3 is 26.3 Å². The van der Waals surface area contributed by atoms with E-state index in [4.69, 9.17) is 0 Å². The van der Waals surface area contributed by atoms with Gasteiger partial charge in [0, 0.05) is 0 Å². The van der Waals surface area contributed by atoms with E-state index in [9.17, 15) is 5.53 Å². The molecule has 0 amide bonds. The minimum atomic E-state index is 0. The van der Waals surface area contributed by atoms with Gasteiger partial charge in [-0.25, -0.2) is 0 Å². The van der Waals surface area contributed by atoms with Crippen LogP contribution in [0.15, 0.2) is 108 Å². The second-order valence-electron chi connectivity index (χ2n) is 15.6. The maximum atomic E-state index is 9.74. The number of nitrogens with zero attached hydrogens (tertiary/aromatic N) is 2. The number of allylic oxidation sites excluding steroid dienone is 2. The van der Waals surface area contributed by atoms with Crippen molar-refractivity contribution in [3.05, 3.63) is 172 Å². The van der Waals surface area contributed by atoms with E-state index in [1.54, 1.807) is 0 Å². The quantitative estimate of drug-likeness (QED) is 0.0135. The van der Waals surface area contributed by atoms with Crippen LogP contribution in [0.3, 0.4) is 0 Å². The van der Waals surface area contributed by atoms with Crippen LogP contribution < -0.4 is 0 Å². The maximum absolute atomic E-state index is 9.74. The van der Waals surface area contributed by atoms with Gasteiger partial charge in [-0.1, -0.05) is 201 Å². The molecule has 0 bridgehead atoms. The van der Waals surface area contributed by atoms with Crippen LogP contribution >= 0.6 is 0 Å². The Kier molecular flexibility index (Phi) is 31.0. The molecule has 0 N–H and O–H groups in total. The normalized spacial score (nSPS) is 10.8. The van der Waals surface area contributed by atoms with Gasteiger partial charge in [-0.3, -0.25) is 0 Å². The van der Waals surface area contributed by atoms with Crippen LogP contribution in [0.1, 0.15) is 176 Å². The van der Waals surface area contributed by atoms with Gasteiger partial charge < -0.3 is 19.4 Å². The van der Waals surface area contributed by atoms with E-state index in [1.807, 2.05) is 36.4 Å². The van der Waals surface area contributed by atoms with Gasteiger partial charge in [0.05, 0.1) is 5.57 Å². The molecule has 4 rings (SSSR count). The van der Waals surface area contributed by atoms with Crippen LogP contribution in [-0.2, 0) is 58.9 Å². The second-order valence-corrected chi connectivity index (χ2v) is 15.6. The van der Waals surface area contributed by atoms with Gasteiger partial charge in [-0.15, -0.1) is 4.79 Å². The van der Waals surface area contributed by atoms with Crippen LogP contribution in [0, 0.1) is 13.8 Å². The molecule has 0 fully saturated rings. The van der Waals surface area contributed by atoms with Crippen molar-refractivity contribution >= 4 is 11.4 Å². The van der Waals surface area contributed by atoms with Gasteiger partial charge in [-0.05, 0) is 109 Å². The van der Waals surface area contributed by atoms with Gasteiger partial charge in [-0.2, -0.15) is 12.8 Å². The largest absolute Gasteiger partial charge is 2.00 e. The smallest absolute Gasteiger partial charge is 0.348 e. The maximum Gasteiger partial charge on any atom is 2.00 e. The SMILES string of the molecule is CCCCCCc1cc(CCCCCC)cc(C(=C(CCCC)C(=C=[N+]=[N-])CCCC)c2cc(CC)cc(CC)c2)c1.[CH2-]Cc1ccccc1.[CH2-]Cc1ccccc1.[Pd+2]. The molecule has 0 radical (unpaired) electrons. The molecule has 0 aliphatic heterocycles. The number of rotatable bonds is 23. The van der Waals surface area contributed by atoms with E-state index in [0.717, 1.165) is 82.6 Å². The third-order valence-electron chi connectivity index (χ3n) is 10.8. The zero-order valence-electron chi connectivity index (χ0n) is 38.0. The van der Waals surface area contributed by atoms with Crippen molar-refractivity contribution in [2.24, 2.45) is 0 Å². The first-order valence-corrected chi connectivity index (χ1v) is 23.0. The monoisotopic (exact) mass is 885 g/mol. The Balaban J connectivity index is 0.000000839. The first kappa shape index (κ1) is 53.5. The summed E-state index contributed by atoms with van der Waals surface area (Å²) in [7, 11) is 0. The Morgan fingerprint density at radius 3 is 1.27 bits per heavy atom.